The molecule has 0 spiro atoms. The summed E-state index contributed by atoms with van der Waals surface area (Å²) in [5, 5.41) is 17.1. The molecule has 0 radical (unpaired) electrons. The van der Waals surface area contributed by atoms with Gasteiger partial charge in [-0.3, -0.25) is 0 Å². The Morgan fingerprint density at radius 2 is 2.40 bits per heavy atom. The molecular formula is C10H18N4O. The Morgan fingerprint density at radius 3 is 3.13 bits per heavy atom. The smallest absolute Gasteiger partial charge is 0.150 e. The van der Waals surface area contributed by atoms with Crippen molar-refractivity contribution in [2.75, 3.05) is 6.61 Å². The minimum atomic E-state index is -0.190. The molecule has 0 aromatic carbocycles. The monoisotopic (exact) mass is 210 g/mol. The lowest BCUT2D eigenvalue weighted by Crippen LogP contribution is -2.23. The zero-order valence-electron chi connectivity index (χ0n) is 9.06. The van der Waals surface area contributed by atoms with Gasteiger partial charge in [-0.2, -0.15) is 0 Å². The van der Waals surface area contributed by atoms with Gasteiger partial charge in [-0.05, 0) is 18.8 Å². The first-order valence-corrected chi connectivity index (χ1v) is 5.50. The number of hydrogen-bond acceptors (Lipinski definition) is 4. The maximum atomic E-state index is 8.84. The van der Waals surface area contributed by atoms with Crippen LogP contribution in [0.25, 0.3) is 0 Å². The zero-order valence-corrected chi connectivity index (χ0v) is 9.06. The third-order valence-corrected chi connectivity index (χ3v) is 3.00. The van der Waals surface area contributed by atoms with Crippen LogP contribution < -0.4 is 5.73 Å². The Morgan fingerprint density at radius 1 is 1.60 bits per heavy atom. The molecule has 1 aliphatic heterocycles. The van der Waals surface area contributed by atoms with Crippen LogP contribution >= 0.6 is 0 Å². The van der Waals surface area contributed by atoms with Crippen molar-refractivity contribution < 1.29 is 5.11 Å². The van der Waals surface area contributed by atoms with Crippen LogP contribution in [-0.4, -0.2) is 26.5 Å². The van der Waals surface area contributed by atoms with Crippen LogP contribution in [0.2, 0.25) is 0 Å². The van der Waals surface area contributed by atoms with Gasteiger partial charge < -0.3 is 15.4 Å². The average Bonchev–Trinajstić information content (AvgIpc) is 2.60. The van der Waals surface area contributed by atoms with Gasteiger partial charge in [0.15, 0.2) is 0 Å². The summed E-state index contributed by atoms with van der Waals surface area (Å²) in [4.78, 5) is 0. The summed E-state index contributed by atoms with van der Waals surface area (Å²) >= 11 is 0. The second-order valence-corrected chi connectivity index (χ2v) is 4.34. The Bertz CT molecular complexity index is 336. The summed E-state index contributed by atoms with van der Waals surface area (Å²) in [6.07, 6.45) is 2.69. The SMILES string of the molecule is CC1CCn2c(nnc2C(N)CCO)C1. The van der Waals surface area contributed by atoms with Crippen molar-refractivity contribution in [3.05, 3.63) is 11.6 Å². The van der Waals surface area contributed by atoms with Gasteiger partial charge >= 0.3 is 0 Å². The summed E-state index contributed by atoms with van der Waals surface area (Å²) in [6, 6.07) is -0.190. The minimum Gasteiger partial charge on any atom is -0.396 e. The molecule has 0 saturated carbocycles. The second kappa shape index (κ2) is 4.28. The Kier molecular flexibility index (Phi) is 3.02. The summed E-state index contributed by atoms with van der Waals surface area (Å²) in [5.74, 6) is 2.55. The minimum absolute atomic E-state index is 0.0970. The maximum absolute atomic E-state index is 8.84. The van der Waals surface area contributed by atoms with Gasteiger partial charge in [0.1, 0.15) is 11.6 Å². The number of hydrogen-bond donors (Lipinski definition) is 2. The fourth-order valence-electron chi connectivity index (χ4n) is 2.05. The number of aliphatic hydroxyl groups is 1. The van der Waals surface area contributed by atoms with E-state index in [-0.39, 0.29) is 12.6 Å². The van der Waals surface area contributed by atoms with E-state index in [1.54, 1.807) is 0 Å². The molecule has 2 unspecified atom stereocenters. The van der Waals surface area contributed by atoms with Crippen molar-refractivity contribution >= 4 is 0 Å². The normalized spacial score (nSPS) is 22.5. The molecule has 5 nitrogen and oxygen atoms in total. The molecule has 3 N–H and O–H groups in total. The summed E-state index contributed by atoms with van der Waals surface area (Å²) < 4.78 is 2.11. The summed E-state index contributed by atoms with van der Waals surface area (Å²) in [6.45, 7) is 3.28. The lowest BCUT2D eigenvalue weighted by molar-refractivity contribution is 0.272. The van der Waals surface area contributed by atoms with Gasteiger partial charge in [-0.15, -0.1) is 10.2 Å². The molecule has 0 fully saturated rings. The molecule has 1 aromatic heterocycles. The predicted octanol–water partition coefficient (Wildman–Crippen LogP) is 0.243. The number of nitrogens with zero attached hydrogens (tertiary/aromatic N) is 3. The highest BCUT2D eigenvalue weighted by Gasteiger charge is 2.22. The molecule has 0 bridgehead atoms. The quantitative estimate of drug-likeness (QED) is 0.749. The molecule has 1 aliphatic rings. The zero-order chi connectivity index (χ0) is 10.8. The number of aliphatic hydroxyl groups excluding tert-OH is 1. The molecule has 0 saturated heterocycles. The van der Waals surface area contributed by atoms with Gasteiger partial charge in [-0.1, -0.05) is 6.92 Å². The number of fused-ring (bicyclic) bond motifs is 1. The van der Waals surface area contributed by atoms with E-state index < -0.39 is 0 Å². The van der Waals surface area contributed by atoms with Crippen molar-refractivity contribution in [1.82, 2.24) is 14.8 Å². The highest BCUT2D eigenvalue weighted by atomic mass is 16.3. The molecule has 2 atom stereocenters. The van der Waals surface area contributed by atoms with Crippen molar-refractivity contribution in [1.29, 1.82) is 0 Å². The lowest BCUT2D eigenvalue weighted by atomic mass is 10.00. The first kappa shape index (κ1) is 10.6. The first-order valence-electron chi connectivity index (χ1n) is 5.50. The first-order chi connectivity index (χ1) is 7.22. The molecule has 5 heteroatoms. The van der Waals surface area contributed by atoms with Crippen molar-refractivity contribution in [2.24, 2.45) is 11.7 Å². The van der Waals surface area contributed by atoms with Crippen LogP contribution in [-0.2, 0) is 13.0 Å². The van der Waals surface area contributed by atoms with Gasteiger partial charge in [0, 0.05) is 19.6 Å². The van der Waals surface area contributed by atoms with Crippen LogP contribution in [0.3, 0.4) is 0 Å². The average molecular weight is 210 g/mol. The van der Waals surface area contributed by atoms with E-state index in [4.69, 9.17) is 10.8 Å². The van der Waals surface area contributed by atoms with Crippen LogP contribution in [0.5, 0.6) is 0 Å². The molecule has 84 valence electrons. The van der Waals surface area contributed by atoms with E-state index in [9.17, 15) is 0 Å². The van der Waals surface area contributed by atoms with Gasteiger partial charge in [0.2, 0.25) is 0 Å². The van der Waals surface area contributed by atoms with Crippen molar-refractivity contribution in [2.45, 2.75) is 38.8 Å². The van der Waals surface area contributed by atoms with E-state index in [2.05, 4.69) is 21.7 Å². The molecule has 0 amide bonds. The molecular weight excluding hydrogens is 192 g/mol. The second-order valence-electron chi connectivity index (χ2n) is 4.34. The van der Waals surface area contributed by atoms with Crippen LogP contribution in [0.15, 0.2) is 0 Å². The van der Waals surface area contributed by atoms with Crippen LogP contribution in [0.4, 0.5) is 0 Å². The van der Waals surface area contributed by atoms with Crippen molar-refractivity contribution in [3.63, 3.8) is 0 Å². The number of aromatic nitrogens is 3. The highest BCUT2D eigenvalue weighted by molar-refractivity contribution is 5.03. The van der Waals surface area contributed by atoms with E-state index in [1.807, 2.05) is 0 Å². The Hall–Kier alpha value is -0.940. The number of rotatable bonds is 3. The maximum Gasteiger partial charge on any atom is 0.150 e. The highest BCUT2D eigenvalue weighted by Crippen LogP contribution is 2.22. The van der Waals surface area contributed by atoms with E-state index >= 15 is 0 Å². The molecule has 2 rings (SSSR count). The fraction of sp³-hybridized carbons (Fsp3) is 0.800. The van der Waals surface area contributed by atoms with E-state index in [0.29, 0.717) is 12.3 Å². The predicted molar refractivity (Wildman–Crippen MR) is 56.1 cm³/mol. The standard InChI is InChI=1S/C10H18N4O/c1-7-2-4-14-9(6-7)12-13-10(14)8(11)3-5-15/h7-8,15H,2-6,11H2,1H3. The lowest BCUT2D eigenvalue weighted by Gasteiger charge is -2.21. The largest absolute Gasteiger partial charge is 0.396 e. The van der Waals surface area contributed by atoms with Crippen molar-refractivity contribution in [3.8, 4) is 0 Å². The molecule has 2 heterocycles. The summed E-state index contributed by atoms with van der Waals surface area (Å²) in [5.41, 5.74) is 5.93. The van der Waals surface area contributed by atoms with Crippen LogP contribution in [0, 0.1) is 5.92 Å². The molecule has 1 aromatic rings. The van der Waals surface area contributed by atoms with Gasteiger partial charge in [-0.25, -0.2) is 0 Å². The molecule has 0 aliphatic carbocycles. The van der Waals surface area contributed by atoms with E-state index in [0.717, 1.165) is 31.0 Å². The van der Waals surface area contributed by atoms with E-state index in [1.165, 1.54) is 0 Å². The Balaban J connectivity index is 2.20. The molecule has 15 heavy (non-hydrogen) atoms. The topological polar surface area (TPSA) is 77.0 Å². The third-order valence-electron chi connectivity index (χ3n) is 3.00. The summed E-state index contributed by atoms with van der Waals surface area (Å²) in [7, 11) is 0. The third kappa shape index (κ3) is 2.03. The number of nitrogens with two attached hydrogens (primary N) is 1. The Labute approximate surface area is 89.3 Å². The fourth-order valence-corrected chi connectivity index (χ4v) is 2.05. The van der Waals surface area contributed by atoms with Gasteiger partial charge in [0.05, 0.1) is 6.04 Å². The van der Waals surface area contributed by atoms with Crippen LogP contribution in [0.1, 0.15) is 37.5 Å². The van der Waals surface area contributed by atoms with Gasteiger partial charge in [0.25, 0.3) is 0 Å².